The van der Waals surface area contributed by atoms with E-state index in [-0.39, 0.29) is 0 Å². The molecule has 3 nitrogen and oxygen atoms in total. The van der Waals surface area contributed by atoms with E-state index in [9.17, 15) is 4.79 Å². The molecule has 1 amide bonds. The predicted molar refractivity (Wildman–Crippen MR) is 35.8 cm³/mol. The van der Waals surface area contributed by atoms with Gasteiger partial charge in [0.1, 0.15) is 5.84 Å². The highest BCUT2D eigenvalue weighted by Gasteiger charge is 1.81. The van der Waals surface area contributed by atoms with Crippen molar-refractivity contribution in [3.05, 3.63) is 0 Å². The Bertz CT molecular complexity index is 102. The van der Waals surface area contributed by atoms with Gasteiger partial charge in [0.15, 0.2) is 0 Å². The molecular weight excluding hydrogens is 124 g/mol. The van der Waals surface area contributed by atoms with Gasteiger partial charge in [0.2, 0.25) is 6.41 Å². The monoisotopic (exact) mass is 132 g/mol. The molecule has 8 heavy (non-hydrogen) atoms. The summed E-state index contributed by atoms with van der Waals surface area (Å²) >= 11 is 1.32. The SMILES string of the molecule is CS/N=C(/C)NC=O. The fraction of sp³-hybridized carbons (Fsp3) is 0.500. The first-order chi connectivity index (χ1) is 3.81. The predicted octanol–water partition coefficient (Wildman–Crippen LogP) is 0.429. The third-order valence-electron chi connectivity index (χ3n) is 0.496. The molecule has 46 valence electrons. The highest BCUT2D eigenvalue weighted by molar-refractivity contribution is 7.97. The number of hydrogen-bond donors (Lipinski definition) is 1. The summed E-state index contributed by atoms with van der Waals surface area (Å²) in [6, 6.07) is 0. The maximum absolute atomic E-state index is 9.69. The van der Waals surface area contributed by atoms with Crippen LogP contribution in [0.4, 0.5) is 0 Å². The van der Waals surface area contributed by atoms with E-state index < -0.39 is 0 Å². The first-order valence-corrected chi connectivity index (χ1v) is 3.27. The largest absolute Gasteiger partial charge is 0.317 e. The fourth-order valence-corrected chi connectivity index (χ4v) is 0.575. The second-order valence-electron chi connectivity index (χ2n) is 1.12. The fourth-order valence-electron chi connectivity index (χ4n) is 0.249. The van der Waals surface area contributed by atoms with E-state index in [4.69, 9.17) is 0 Å². The van der Waals surface area contributed by atoms with Gasteiger partial charge in [0, 0.05) is 6.26 Å². The van der Waals surface area contributed by atoms with Gasteiger partial charge in [-0.15, -0.1) is 0 Å². The van der Waals surface area contributed by atoms with E-state index in [1.165, 1.54) is 11.9 Å². The average molecular weight is 132 g/mol. The number of rotatable bonds is 2. The van der Waals surface area contributed by atoms with Gasteiger partial charge in [-0.2, -0.15) is 0 Å². The Kier molecular flexibility index (Phi) is 4.35. The van der Waals surface area contributed by atoms with E-state index in [0.717, 1.165) is 0 Å². The van der Waals surface area contributed by atoms with Crippen LogP contribution in [0, 0.1) is 0 Å². The molecule has 0 atom stereocenters. The lowest BCUT2D eigenvalue weighted by atomic mass is 10.7. The van der Waals surface area contributed by atoms with Crippen LogP contribution in [-0.2, 0) is 4.79 Å². The van der Waals surface area contributed by atoms with Gasteiger partial charge < -0.3 is 5.32 Å². The van der Waals surface area contributed by atoms with E-state index >= 15 is 0 Å². The van der Waals surface area contributed by atoms with Crippen LogP contribution in [0.2, 0.25) is 0 Å². The van der Waals surface area contributed by atoms with Crippen LogP contribution in [0.15, 0.2) is 4.40 Å². The summed E-state index contributed by atoms with van der Waals surface area (Å²) in [7, 11) is 0. The van der Waals surface area contributed by atoms with Crippen molar-refractivity contribution in [2.75, 3.05) is 6.26 Å². The molecule has 0 radical (unpaired) electrons. The van der Waals surface area contributed by atoms with Gasteiger partial charge in [0.05, 0.1) is 0 Å². The zero-order chi connectivity index (χ0) is 6.41. The third kappa shape index (κ3) is 3.67. The molecule has 0 rings (SSSR count). The number of amides is 1. The first-order valence-electron chi connectivity index (χ1n) is 2.09. The highest BCUT2D eigenvalue weighted by Crippen LogP contribution is 1.91. The van der Waals surface area contributed by atoms with Crippen molar-refractivity contribution < 1.29 is 4.79 Å². The van der Waals surface area contributed by atoms with Crippen molar-refractivity contribution in [2.45, 2.75) is 6.92 Å². The standard InChI is InChI=1S/C4H8N2OS/c1-4(5-3-7)6-8-2/h3H,1-2H3,(H,5,6,7). The lowest BCUT2D eigenvalue weighted by Gasteiger charge is -1.90. The summed E-state index contributed by atoms with van der Waals surface area (Å²) in [5.74, 6) is 0.632. The molecule has 0 aromatic rings. The van der Waals surface area contributed by atoms with E-state index in [2.05, 4.69) is 9.71 Å². The molecule has 0 spiro atoms. The number of amidine groups is 1. The lowest BCUT2D eigenvalue weighted by Crippen LogP contribution is -2.16. The maximum atomic E-state index is 9.69. The van der Waals surface area contributed by atoms with Crippen LogP contribution in [-0.4, -0.2) is 18.5 Å². The zero-order valence-electron chi connectivity index (χ0n) is 4.84. The maximum Gasteiger partial charge on any atom is 0.212 e. The van der Waals surface area contributed by atoms with Crippen LogP contribution in [0.1, 0.15) is 6.92 Å². The van der Waals surface area contributed by atoms with Crippen molar-refractivity contribution in [3.8, 4) is 0 Å². The molecule has 4 heteroatoms. The normalized spacial score (nSPS) is 11.0. The summed E-state index contributed by atoms with van der Waals surface area (Å²) in [5, 5.41) is 2.40. The van der Waals surface area contributed by atoms with Gasteiger partial charge in [-0.1, -0.05) is 0 Å². The van der Waals surface area contributed by atoms with Gasteiger partial charge in [-0.3, -0.25) is 4.79 Å². The second kappa shape index (κ2) is 4.64. The molecule has 0 saturated carbocycles. The summed E-state index contributed by atoms with van der Waals surface area (Å²) in [6.45, 7) is 1.73. The third-order valence-corrected chi connectivity index (χ3v) is 0.952. The van der Waals surface area contributed by atoms with Crippen LogP contribution in [0.5, 0.6) is 0 Å². The first kappa shape index (κ1) is 7.49. The number of carbonyl (C=O) groups excluding carboxylic acids is 1. The molecule has 0 fully saturated rings. The second-order valence-corrected chi connectivity index (χ2v) is 1.67. The van der Waals surface area contributed by atoms with Crippen LogP contribution >= 0.6 is 11.9 Å². The van der Waals surface area contributed by atoms with Crippen molar-refractivity contribution >= 4 is 24.2 Å². The van der Waals surface area contributed by atoms with Gasteiger partial charge in [-0.05, 0) is 18.9 Å². The van der Waals surface area contributed by atoms with E-state index in [1.54, 1.807) is 6.92 Å². The minimum atomic E-state index is 0.606. The minimum Gasteiger partial charge on any atom is -0.317 e. The number of nitrogens with one attached hydrogen (secondary N) is 1. The average Bonchev–Trinajstić information content (AvgIpc) is 1.68. The summed E-state index contributed by atoms with van der Waals surface area (Å²) in [6.07, 6.45) is 2.44. The smallest absolute Gasteiger partial charge is 0.212 e. The molecule has 0 bridgehead atoms. The van der Waals surface area contributed by atoms with Crippen LogP contribution in [0.3, 0.4) is 0 Å². The summed E-state index contributed by atoms with van der Waals surface area (Å²) in [4.78, 5) is 9.69. The quantitative estimate of drug-likeness (QED) is 0.256. The lowest BCUT2D eigenvalue weighted by molar-refractivity contribution is -0.108. The molecule has 0 heterocycles. The van der Waals surface area contributed by atoms with Crippen molar-refractivity contribution in [1.82, 2.24) is 5.32 Å². The van der Waals surface area contributed by atoms with Gasteiger partial charge in [-0.25, -0.2) is 4.40 Å². The summed E-state index contributed by atoms with van der Waals surface area (Å²) < 4.78 is 3.81. The Hall–Kier alpha value is -0.510. The molecule has 0 aliphatic carbocycles. The minimum absolute atomic E-state index is 0.606. The van der Waals surface area contributed by atoms with Crippen LogP contribution < -0.4 is 5.32 Å². The number of nitrogens with zero attached hydrogens (tertiary/aromatic N) is 1. The molecule has 0 aliphatic heterocycles. The topological polar surface area (TPSA) is 41.5 Å². The van der Waals surface area contributed by atoms with Gasteiger partial charge in [0.25, 0.3) is 0 Å². The Morgan fingerprint density at radius 1 is 1.88 bits per heavy atom. The Balaban J connectivity index is 3.44. The molecule has 0 aromatic heterocycles. The molecule has 0 unspecified atom stereocenters. The van der Waals surface area contributed by atoms with Crippen LogP contribution in [0.25, 0.3) is 0 Å². The molecular formula is C4H8N2OS. The Labute approximate surface area is 52.7 Å². The van der Waals surface area contributed by atoms with Crippen molar-refractivity contribution in [3.63, 3.8) is 0 Å². The van der Waals surface area contributed by atoms with E-state index in [0.29, 0.717) is 12.2 Å². The zero-order valence-corrected chi connectivity index (χ0v) is 5.66. The van der Waals surface area contributed by atoms with E-state index in [1.807, 2.05) is 6.26 Å². The molecule has 1 N–H and O–H groups in total. The number of hydrogen-bond acceptors (Lipinski definition) is 3. The van der Waals surface area contributed by atoms with Crippen molar-refractivity contribution in [1.29, 1.82) is 0 Å². The molecule has 0 aliphatic rings. The summed E-state index contributed by atoms with van der Waals surface area (Å²) in [5.41, 5.74) is 0. The number of carbonyl (C=O) groups is 1. The Morgan fingerprint density at radius 2 is 2.50 bits per heavy atom. The molecule has 0 saturated heterocycles. The Morgan fingerprint density at radius 3 is 2.88 bits per heavy atom. The van der Waals surface area contributed by atoms with Crippen molar-refractivity contribution in [2.24, 2.45) is 4.40 Å². The highest BCUT2D eigenvalue weighted by atomic mass is 32.2. The molecule has 0 aromatic carbocycles. The van der Waals surface area contributed by atoms with Gasteiger partial charge >= 0.3 is 0 Å².